The number of hydrogen-bond acceptors (Lipinski definition) is 7. The standard InChI is InChI=1S/C22H28N6O3S2/c1-6-27(7-2)33(30,31)19-13-18(9-8-15(19)3)23-21(29)14-32-22-11-10-20(24-25-22)28-17(5)12-16(4)26-28/h8-13H,6-7,14H2,1-5H3,(H,23,29). The minimum absolute atomic E-state index is 0.111. The molecule has 0 fully saturated rings. The number of benzene rings is 1. The number of carbonyl (C=O) groups is 1. The summed E-state index contributed by atoms with van der Waals surface area (Å²) in [6, 6.07) is 10.5. The van der Waals surface area contributed by atoms with Gasteiger partial charge in [-0.2, -0.15) is 9.40 Å². The van der Waals surface area contributed by atoms with Gasteiger partial charge in [0.15, 0.2) is 5.82 Å². The summed E-state index contributed by atoms with van der Waals surface area (Å²) in [5.41, 5.74) is 2.92. The molecule has 0 spiro atoms. The van der Waals surface area contributed by atoms with Crippen molar-refractivity contribution in [2.75, 3.05) is 24.2 Å². The monoisotopic (exact) mass is 488 g/mol. The van der Waals surface area contributed by atoms with E-state index in [2.05, 4.69) is 20.6 Å². The van der Waals surface area contributed by atoms with Gasteiger partial charge in [0.25, 0.3) is 0 Å². The Balaban J connectivity index is 1.65. The summed E-state index contributed by atoms with van der Waals surface area (Å²) in [5.74, 6) is 0.454. The molecule has 2 aromatic heterocycles. The summed E-state index contributed by atoms with van der Waals surface area (Å²) < 4.78 is 28.9. The fraction of sp³-hybridized carbons (Fsp3) is 0.364. The quantitative estimate of drug-likeness (QED) is 0.460. The van der Waals surface area contributed by atoms with E-state index in [0.29, 0.717) is 35.2 Å². The van der Waals surface area contributed by atoms with E-state index in [9.17, 15) is 13.2 Å². The largest absolute Gasteiger partial charge is 0.325 e. The zero-order valence-electron chi connectivity index (χ0n) is 19.4. The Kier molecular flexibility index (Phi) is 7.88. The number of nitrogens with zero attached hydrogens (tertiary/aromatic N) is 5. The van der Waals surface area contributed by atoms with E-state index in [1.165, 1.54) is 22.1 Å². The second-order valence-corrected chi connectivity index (χ2v) is 10.4. The van der Waals surface area contributed by atoms with E-state index in [-0.39, 0.29) is 16.6 Å². The predicted octanol–water partition coefficient (Wildman–Crippen LogP) is 3.35. The van der Waals surface area contributed by atoms with Gasteiger partial charge in [-0.05, 0) is 56.7 Å². The van der Waals surface area contributed by atoms with E-state index in [0.717, 1.165) is 11.4 Å². The molecular weight excluding hydrogens is 460 g/mol. The molecule has 0 bridgehead atoms. The number of thioether (sulfide) groups is 1. The van der Waals surface area contributed by atoms with Crippen molar-refractivity contribution in [2.45, 2.75) is 44.5 Å². The van der Waals surface area contributed by atoms with Gasteiger partial charge in [0.2, 0.25) is 15.9 Å². The van der Waals surface area contributed by atoms with E-state index in [1.807, 2.05) is 19.9 Å². The van der Waals surface area contributed by atoms with Crippen molar-refractivity contribution in [3.05, 3.63) is 53.3 Å². The zero-order valence-corrected chi connectivity index (χ0v) is 21.0. The van der Waals surface area contributed by atoms with Gasteiger partial charge in [0, 0.05) is 24.5 Å². The molecule has 9 nitrogen and oxygen atoms in total. The van der Waals surface area contributed by atoms with Crippen LogP contribution in [-0.2, 0) is 14.8 Å². The number of aryl methyl sites for hydroxylation is 3. The van der Waals surface area contributed by atoms with Crippen LogP contribution in [0, 0.1) is 20.8 Å². The van der Waals surface area contributed by atoms with Crippen LogP contribution in [0.4, 0.5) is 5.69 Å². The number of nitrogens with one attached hydrogen (secondary N) is 1. The van der Waals surface area contributed by atoms with Gasteiger partial charge in [0.1, 0.15) is 5.03 Å². The molecule has 3 aromatic rings. The first-order valence-electron chi connectivity index (χ1n) is 10.6. The highest BCUT2D eigenvalue weighted by Gasteiger charge is 2.24. The number of amides is 1. The predicted molar refractivity (Wildman–Crippen MR) is 129 cm³/mol. The Bertz CT molecular complexity index is 1240. The van der Waals surface area contributed by atoms with Gasteiger partial charge in [-0.3, -0.25) is 4.79 Å². The molecule has 0 saturated heterocycles. The molecule has 0 radical (unpaired) electrons. The molecule has 0 aliphatic rings. The lowest BCUT2D eigenvalue weighted by molar-refractivity contribution is -0.113. The van der Waals surface area contributed by atoms with E-state index < -0.39 is 10.0 Å². The summed E-state index contributed by atoms with van der Waals surface area (Å²) in [5, 5.41) is 16.1. The second kappa shape index (κ2) is 10.4. The van der Waals surface area contributed by atoms with Crippen molar-refractivity contribution in [1.82, 2.24) is 24.3 Å². The van der Waals surface area contributed by atoms with E-state index in [4.69, 9.17) is 0 Å². The van der Waals surface area contributed by atoms with Crippen LogP contribution in [0.3, 0.4) is 0 Å². The summed E-state index contributed by atoms with van der Waals surface area (Å²) in [6.45, 7) is 9.95. The number of hydrogen-bond donors (Lipinski definition) is 1. The topological polar surface area (TPSA) is 110 Å². The lowest BCUT2D eigenvalue weighted by Crippen LogP contribution is -2.31. The van der Waals surface area contributed by atoms with Crippen LogP contribution < -0.4 is 5.32 Å². The Labute approximate surface area is 198 Å². The summed E-state index contributed by atoms with van der Waals surface area (Å²) in [7, 11) is -3.62. The van der Waals surface area contributed by atoms with Gasteiger partial charge >= 0.3 is 0 Å². The third-order valence-corrected chi connectivity index (χ3v) is 8.11. The highest BCUT2D eigenvalue weighted by Crippen LogP contribution is 2.24. The first kappa shape index (κ1) is 24.9. The number of aromatic nitrogens is 4. The third kappa shape index (κ3) is 5.79. The number of anilines is 1. The summed E-state index contributed by atoms with van der Waals surface area (Å²) in [4.78, 5) is 12.7. The molecule has 1 aromatic carbocycles. The molecule has 0 aliphatic carbocycles. The average molecular weight is 489 g/mol. The van der Waals surface area contributed by atoms with Gasteiger partial charge < -0.3 is 5.32 Å². The SMILES string of the molecule is CCN(CC)S(=O)(=O)c1cc(NC(=O)CSc2ccc(-n3nc(C)cc3C)nn2)ccc1C. The van der Waals surface area contributed by atoms with Gasteiger partial charge in [0.05, 0.1) is 16.3 Å². The maximum absolute atomic E-state index is 12.9. The number of rotatable bonds is 9. The molecule has 33 heavy (non-hydrogen) atoms. The Hall–Kier alpha value is -2.76. The molecule has 0 atom stereocenters. The Morgan fingerprint density at radius 3 is 2.36 bits per heavy atom. The lowest BCUT2D eigenvalue weighted by Gasteiger charge is -2.20. The minimum Gasteiger partial charge on any atom is -0.325 e. The molecule has 176 valence electrons. The summed E-state index contributed by atoms with van der Waals surface area (Å²) in [6.07, 6.45) is 0. The van der Waals surface area contributed by atoms with Gasteiger partial charge in [-0.15, -0.1) is 10.2 Å². The molecule has 0 aliphatic heterocycles. The maximum Gasteiger partial charge on any atom is 0.243 e. The van der Waals surface area contributed by atoms with Crippen LogP contribution in [0.5, 0.6) is 0 Å². The molecule has 0 unspecified atom stereocenters. The molecule has 11 heteroatoms. The van der Waals surface area contributed by atoms with Crippen molar-refractivity contribution in [3.63, 3.8) is 0 Å². The average Bonchev–Trinajstić information content (AvgIpc) is 3.12. The first-order valence-corrected chi connectivity index (χ1v) is 13.0. The van der Waals surface area contributed by atoms with Gasteiger partial charge in [-0.25, -0.2) is 13.1 Å². The van der Waals surface area contributed by atoms with E-state index in [1.54, 1.807) is 49.7 Å². The zero-order chi connectivity index (χ0) is 24.2. The van der Waals surface area contributed by atoms with Crippen molar-refractivity contribution < 1.29 is 13.2 Å². The lowest BCUT2D eigenvalue weighted by atomic mass is 10.2. The molecule has 2 heterocycles. The molecular formula is C22H28N6O3S2. The first-order chi connectivity index (χ1) is 15.6. The number of carbonyl (C=O) groups excluding carboxylic acids is 1. The van der Waals surface area contributed by atoms with Crippen LogP contribution in [0.25, 0.3) is 5.82 Å². The Morgan fingerprint density at radius 1 is 1.06 bits per heavy atom. The molecule has 1 N–H and O–H groups in total. The minimum atomic E-state index is -3.62. The maximum atomic E-state index is 12.9. The van der Waals surface area contributed by atoms with Crippen molar-refractivity contribution in [2.24, 2.45) is 0 Å². The number of sulfonamides is 1. The van der Waals surface area contributed by atoms with Crippen molar-refractivity contribution >= 4 is 33.4 Å². The fourth-order valence-electron chi connectivity index (χ4n) is 3.36. The molecule has 0 saturated carbocycles. The van der Waals surface area contributed by atoms with E-state index >= 15 is 0 Å². The van der Waals surface area contributed by atoms with Crippen LogP contribution in [0.1, 0.15) is 30.8 Å². The fourth-order valence-corrected chi connectivity index (χ4v) is 5.68. The Morgan fingerprint density at radius 2 is 1.79 bits per heavy atom. The third-order valence-electron chi connectivity index (χ3n) is 5.00. The van der Waals surface area contributed by atoms with Crippen molar-refractivity contribution in [1.29, 1.82) is 0 Å². The van der Waals surface area contributed by atoms with Gasteiger partial charge in [-0.1, -0.05) is 31.7 Å². The van der Waals surface area contributed by atoms with Crippen LogP contribution in [0.2, 0.25) is 0 Å². The van der Waals surface area contributed by atoms with Crippen molar-refractivity contribution in [3.8, 4) is 5.82 Å². The van der Waals surface area contributed by atoms with Crippen LogP contribution in [0.15, 0.2) is 46.3 Å². The highest BCUT2D eigenvalue weighted by atomic mass is 32.2. The summed E-state index contributed by atoms with van der Waals surface area (Å²) >= 11 is 1.24. The second-order valence-electron chi connectivity index (χ2n) is 7.48. The van der Waals surface area contributed by atoms with Crippen LogP contribution >= 0.6 is 11.8 Å². The van der Waals surface area contributed by atoms with Crippen LogP contribution in [-0.4, -0.2) is 57.5 Å². The highest BCUT2D eigenvalue weighted by molar-refractivity contribution is 7.99. The normalized spacial score (nSPS) is 11.7. The molecule has 3 rings (SSSR count). The molecule has 1 amide bonds. The smallest absolute Gasteiger partial charge is 0.243 e.